The molecule has 2 heteroatoms. The fourth-order valence-corrected chi connectivity index (χ4v) is 3.03. The Hall–Kier alpha value is -0.340. The van der Waals surface area contributed by atoms with Crippen LogP contribution in [0.5, 0.6) is 0 Å². The minimum absolute atomic E-state index is 0.760. The van der Waals surface area contributed by atoms with Crippen LogP contribution in [-0.2, 0) is 6.42 Å². The van der Waals surface area contributed by atoms with E-state index in [1.165, 1.54) is 42.1 Å². The molecule has 0 bridgehead atoms. The number of nitrogens with one attached hydrogen (secondary N) is 1. The van der Waals surface area contributed by atoms with Gasteiger partial charge in [-0.05, 0) is 56.3 Å². The van der Waals surface area contributed by atoms with Crippen LogP contribution in [-0.4, -0.2) is 13.1 Å². The fraction of sp³-hybridized carbons (Fsp3) is 0.571. The van der Waals surface area contributed by atoms with E-state index in [2.05, 4.69) is 52.6 Å². The molecule has 0 amide bonds. The fourth-order valence-electron chi connectivity index (χ4n) is 2.77. The lowest BCUT2D eigenvalue weighted by atomic mass is 9.95. The second kappa shape index (κ2) is 5.83. The third kappa shape index (κ3) is 3.08. The van der Waals surface area contributed by atoms with E-state index in [-0.39, 0.29) is 0 Å². The molecule has 88 valence electrons. The number of rotatable bonds is 4. The van der Waals surface area contributed by atoms with Gasteiger partial charge in [0.15, 0.2) is 0 Å². The summed E-state index contributed by atoms with van der Waals surface area (Å²) in [7, 11) is 2.10. The lowest BCUT2D eigenvalue weighted by Gasteiger charge is -2.18. The Bertz CT molecular complexity index is 320. The molecule has 0 saturated heterocycles. The molecule has 0 aromatic heterocycles. The summed E-state index contributed by atoms with van der Waals surface area (Å²) < 4.78 is 1.17. The molecule has 1 N–H and O–H groups in total. The van der Waals surface area contributed by atoms with Crippen molar-refractivity contribution in [3.8, 4) is 0 Å². The molecule has 1 saturated carbocycles. The van der Waals surface area contributed by atoms with Gasteiger partial charge in [0, 0.05) is 10.5 Å². The van der Waals surface area contributed by atoms with E-state index < -0.39 is 0 Å². The summed E-state index contributed by atoms with van der Waals surface area (Å²) in [5.41, 5.74) is 1.46. The number of benzene rings is 1. The van der Waals surface area contributed by atoms with Crippen molar-refractivity contribution >= 4 is 15.9 Å². The molecule has 1 fully saturated rings. The first-order valence-electron chi connectivity index (χ1n) is 6.21. The van der Waals surface area contributed by atoms with E-state index >= 15 is 0 Å². The SMILES string of the molecule is CNC1CCCC1CCc1ccc(Br)cc1. The summed E-state index contributed by atoms with van der Waals surface area (Å²) >= 11 is 3.47. The van der Waals surface area contributed by atoms with Crippen molar-refractivity contribution < 1.29 is 0 Å². The van der Waals surface area contributed by atoms with Gasteiger partial charge < -0.3 is 5.32 Å². The molecule has 0 spiro atoms. The Morgan fingerprint density at radius 1 is 1.25 bits per heavy atom. The van der Waals surface area contributed by atoms with Crippen LogP contribution in [0.2, 0.25) is 0 Å². The van der Waals surface area contributed by atoms with Crippen LogP contribution in [0.1, 0.15) is 31.2 Å². The minimum Gasteiger partial charge on any atom is -0.317 e. The standard InChI is InChI=1S/C14H20BrN/c1-16-14-4-2-3-12(14)8-5-11-6-9-13(15)10-7-11/h6-7,9-10,12,14,16H,2-5,8H2,1H3. The molecule has 16 heavy (non-hydrogen) atoms. The van der Waals surface area contributed by atoms with Gasteiger partial charge in [-0.1, -0.05) is 34.5 Å². The van der Waals surface area contributed by atoms with Gasteiger partial charge in [-0.2, -0.15) is 0 Å². The largest absolute Gasteiger partial charge is 0.317 e. The van der Waals surface area contributed by atoms with Gasteiger partial charge in [-0.15, -0.1) is 0 Å². The maximum Gasteiger partial charge on any atom is 0.0175 e. The molecular formula is C14H20BrN. The molecule has 0 heterocycles. The van der Waals surface area contributed by atoms with Gasteiger partial charge in [0.25, 0.3) is 0 Å². The summed E-state index contributed by atoms with van der Waals surface area (Å²) in [4.78, 5) is 0. The van der Waals surface area contributed by atoms with Gasteiger partial charge in [0.05, 0.1) is 0 Å². The normalized spacial score (nSPS) is 24.9. The minimum atomic E-state index is 0.760. The topological polar surface area (TPSA) is 12.0 Å². The molecular weight excluding hydrogens is 262 g/mol. The van der Waals surface area contributed by atoms with Crippen LogP contribution in [0.25, 0.3) is 0 Å². The Morgan fingerprint density at radius 2 is 2.00 bits per heavy atom. The van der Waals surface area contributed by atoms with Crippen molar-refractivity contribution in [2.75, 3.05) is 7.05 Å². The number of hydrogen-bond acceptors (Lipinski definition) is 1. The average Bonchev–Trinajstić information content (AvgIpc) is 2.76. The predicted octanol–water partition coefficient (Wildman–Crippen LogP) is 3.77. The molecule has 2 unspecified atom stereocenters. The number of aryl methyl sites for hydroxylation is 1. The Labute approximate surface area is 107 Å². The van der Waals surface area contributed by atoms with Crippen molar-refractivity contribution in [2.24, 2.45) is 5.92 Å². The van der Waals surface area contributed by atoms with Crippen molar-refractivity contribution in [3.05, 3.63) is 34.3 Å². The number of halogens is 1. The van der Waals surface area contributed by atoms with E-state index in [9.17, 15) is 0 Å². The Morgan fingerprint density at radius 3 is 2.69 bits per heavy atom. The zero-order valence-electron chi connectivity index (χ0n) is 9.88. The summed E-state index contributed by atoms with van der Waals surface area (Å²) in [5.74, 6) is 0.883. The average molecular weight is 282 g/mol. The third-order valence-electron chi connectivity index (χ3n) is 3.75. The predicted molar refractivity (Wildman–Crippen MR) is 72.7 cm³/mol. The molecule has 2 atom stereocenters. The smallest absolute Gasteiger partial charge is 0.0175 e. The first kappa shape index (κ1) is 12.1. The van der Waals surface area contributed by atoms with Crippen molar-refractivity contribution in [3.63, 3.8) is 0 Å². The maximum absolute atomic E-state index is 3.47. The second-order valence-electron chi connectivity index (χ2n) is 4.75. The zero-order valence-corrected chi connectivity index (χ0v) is 11.5. The highest BCUT2D eigenvalue weighted by Gasteiger charge is 2.24. The second-order valence-corrected chi connectivity index (χ2v) is 5.67. The summed E-state index contributed by atoms with van der Waals surface area (Å²) in [6, 6.07) is 9.50. The molecule has 1 aromatic carbocycles. The van der Waals surface area contributed by atoms with Crippen molar-refractivity contribution in [1.29, 1.82) is 0 Å². The monoisotopic (exact) mass is 281 g/mol. The molecule has 1 aliphatic carbocycles. The van der Waals surface area contributed by atoms with Crippen LogP contribution >= 0.6 is 15.9 Å². The summed E-state index contributed by atoms with van der Waals surface area (Å²) in [5, 5.41) is 3.45. The zero-order chi connectivity index (χ0) is 11.4. The van der Waals surface area contributed by atoms with E-state index in [1.807, 2.05) is 0 Å². The highest BCUT2D eigenvalue weighted by atomic mass is 79.9. The van der Waals surface area contributed by atoms with Crippen LogP contribution in [0.15, 0.2) is 28.7 Å². The van der Waals surface area contributed by atoms with Gasteiger partial charge in [-0.3, -0.25) is 0 Å². The molecule has 1 aromatic rings. The van der Waals surface area contributed by atoms with Gasteiger partial charge in [0.1, 0.15) is 0 Å². The molecule has 2 rings (SSSR count). The Balaban J connectivity index is 1.85. The van der Waals surface area contributed by atoms with E-state index in [1.54, 1.807) is 0 Å². The first-order valence-corrected chi connectivity index (χ1v) is 7.00. The van der Waals surface area contributed by atoms with Crippen LogP contribution in [0.4, 0.5) is 0 Å². The maximum atomic E-state index is 3.47. The molecule has 1 aliphatic rings. The van der Waals surface area contributed by atoms with Gasteiger partial charge in [-0.25, -0.2) is 0 Å². The van der Waals surface area contributed by atoms with Crippen LogP contribution < -0.4 is 5.32 Å². The highest BCUT2D eigenvalue weighted by molar-refractivity contribution is 9.10. The van der Waals surface area contributed by atoms with E-state index in [4.69, 9.17) is 0 Å². The van der Waals surface area contributed by atoms with Crippen LogP contribution in [0, 0.1) is 5.92 Å². The van der Waals surface area contributed by atoms with Crippen LogP contribution in [0.3, 0.4) is 0 Å². The quantitative estimate of drug-likeness (QED) is 0.886. The lowest BCUT2D eigenvalue weighted by Crippen LogP contribution is -2.29. The van der Waals surface area contributed by atoms with E-state index in [0.29, 0.717) is 0 Å². The highest BCUT2D eigenvalue weighted by Crippen LogP contribution is 2.29. The lowest BCUT2D eigenvalue weighted by molar-refractivity contribution is 0.400. The third-order valence-corrected chi connectivity index (χ3v) is 4.28. The Kier molecular flexibility index (Phi) is 4.42. The first-order chi connectivity index (χ1) is 7.79. The molecule has 0 radical (unpaired) electrons. The molecule has 1 nitrogen and oxygen atoms in total. The summed E-state index contributed by atoms with van der Waals surface area (Å²) in [6.45, 7) is 0. The number of hydrogen-bond donors (Lipinski definition) is 1. The van der Waals surface area contributed by atoms with Gasteiger partial charge >= 0.3 is 0 Å². The van der Waals surface area contributed by atoms with Crippen molar-refractivity contribution in [1.82, 2.24) is 5.32 Å². The van der Waals surface area contributed by atoms with Gasteiger partial charge in [0.2, 0.25) is 0 Å². The summed E-state index contributed by atoms with van der Waals surface area (Å²) in [6.07, 6.45) is 6.71. The van der Waals surface area contributed by atoms with Crippen molar-refractivity contribution in [2.45, 2.75) is 38.1 Å². The molecule has 0 aliphatic heterocycles. The van der Waals surface area contributed by atoms with E-state index in [0.717, 1.165) is 12.0 Å².